The highest BCUT2D eigenvalue weighted by Gasteiger charge is 2.26. The third-order valence-electron chi connectivity index (χ3n) is 3.76. The van der Waals surface area contributed by atoms with Crippen LogP contribution in [0.1, 0.15) is 24.4 Å². The molecule has 0 radical (unpaired) electrons. The van der Waals surface area contributed by atoms with Gasteiger partial charge in [0.2, 0.25) is 0 Å². The lowest BCUT2D eigenvalue weighted by atomic mass is 10.3. The summed E-state index contributed by atoms with van der Waals surface area (Å²) in [5.74, 6) is 0.151. The maximum atomic E-state index is 12.4. The van der Waals surface area contributed by atoms with E-state index in [2.05, 4.69) is 0 Å². The van der Waals surface area contributed by atoms with Crippen LogP contribution < -0.4 is 11.2 Å². The molecule has 6 nitrogen and oxygen atoms in total. The summed E-state index contributed by atoms with van der Waals surface area (Å²) in [7, 11) is -1.30. The molecule has 1 atom stereocenters. The minimum atomic E-state index is -1.30. The second kappa shape index (κ2) is 6.34. The molecule has 0 saturated heterocycles. The fraction of sp³-hybridized carbons (Fsp3) is 0.312. The fourth-order valence-electron chi connectivity index (χ4n) is 2.37. The molecule has 1 fully saturated rings. The Morgan fingerprint density at radius 3 is 2.52 bits per heavy atom. The van der Waals surface area contributed by atoms with Crippen LogP contribution in [0.2, 0.25) is 0 Å². The molecule has 1 aliphatic carbocycles. The highest BCUT2D eigenvalue weighted by Crippen LogP contribution is 2.33. The molecule has 23 heavy (non-hydrogen) atoms. The number of nitriles is 1. The van der Waals surface area contributed by atoms with E-state index in [9.17, 15) is 13.8 Å². The quantitative estimate of drug-likeness (QED) is 0.820. The van der Waals surface area contributed by atoms with Crippen molar-refractivity contribution in [2.24, 2.45) is 0 Å². The predicted molar refractivity (Wildman–Crippen MR) is 85.7 cm³/mol. The summed E-state index contributed by atoms with van der Waals surface area (Å²) in [6.07, 6.45) is 3.09. The van der Waals surface area contributed by atoms with Gasteiger partial charge in [-0.2, -0.15) is 5.26 Å². The van der Waals surface area contributed by atoms with Crippen LogP contribution in [0.5, 0.6) is 0 Å². The lowest BCUT2D eigenvalue weighted by molar-refractivity contribution is 0.576. The van der Waals surface area contributed by atoms with E-state index in [0.717, 1.165) is 17.4 Å². The molecule has 2 aromatic rings. The Hall–Kier alpha value is -2.46. The Morgan fingerprint density at radius 1 is 1.22 bits per heavy atom. The summed E-state index contributed by atoms with van der Waals surface area (Å²) < 4.78 is 14.7. The van der Waals surface area contributed by atoms with Crippen LogP contribution in [-0.4, -0.2) is 19.1 Å². The van der Waals surface area contributed by atoms with E-state index in [0.29, 0.717) is 4.90 Å². The monoisotopic (exact) mass is 329 g/mol. The SMILES string of the molecule is N#Cc1cn(C2CC2)c(=O)n(CC[S@@](=O)c2ccccc2)c1=O. The predicted octanol–water partition coefficient (Wildman–Crippen LogP) is 1.02. The van der Waals surface area contributed by atoms with Gasteiger partial charge in [-0.3, -0.25) is 18.1 Å². The third-order valence-corrected chi connectivity index (χ3v) is 5.11. The van der Waals surface area contributed by atoms with Crippen molar-refractivity contribution in [1.82, 2.24) is 9.13 Å². The van der Waals surface area contributed by atoms with E-state index < -0.39 is 22.0 Å². The number of nitrogens with zero attached hydrogens (tertiary/aromatic N) is 3. The molecule has 1 aromatic carbocycles. The topological polar surface area (TPSA) is 84.9 Å². The Bertz CT molecular complexity index is 905. The molecule has 0 N–H and O–H groups in total. The van der Waals surface area contributed by atoms with Crippen LogP contribution in [0.3, 0.4) is 0 Å². The van der Waals surface area contributed by atoms with Crippen LogP contribution in [0.25, 0.3) is 0 Å². The zero-order chi connectivity index (χ0) is 16.4. The first-order chi connectivity index (χ1) is 11.1. The van der Waals surface area contributed by atoms with E-state index >= 15 is 0 Å². The Balaban J connectivity index is 1.89. The number of hydrogen-bond acceptors (Lipinski definition) is 4. The van der Waals surface area contributed by atoms with E-state index in [-0.39, 0.29) is 23.9 Å². The van der Waals surface area contributed by atoms with Gasteiger partial charge in [-0.1, -0.05) is 18.2 Å². The van der Waals surface area contributed by atoms with Crippen LogP contribution in [0, 0.1) is 11.3 Å². The lowest BCUT2D eigenvalue weighted by Gasteiger charge is -2.10. The van der Waals surface area contributed by atoms with E-state index in [1.165, 1.54) is 10.8 Å². The van der Waals surface area contributed by atoms with Gasteiger partial charge in [-0.25, -0.2) is 4.79 Å². The van der Waals surface area contributed by atoms with Crippen LogP contribution in [-0.2, 0) is 17.3 Å². The average Bonchev–Trinajstić information content (AvgIpc) is 3.40. The lowest BCUT2D eigenvalue weighted by Crippen LogP contribution is -2.41. The molecule has 1 saturated carbocycles. The van der Waals surface area contributed by atoms with Gasteiger partial charge in [-0.15, -0.1) is 0 Å². The molecule has 1 aromatic heterocycles. The maximum absolute atomic E-state index is 12.4. The molecule has 0 amide bonds. The summed E-state index contributed by atoms with van der Waals surface area (Å²) in [4.78, 5) is 25.3. The van der Waals surface area contributed by atoms with Crippen molar-refractivity contribution in [2.75, 3.05) is 5.75 Å². The molecule has 118 valence electrons. The molecule has 0 spiro atoms. The van der Waals surface area contributed by atoms with Gasteiger partial charge < -0.3 is 0 Å². The minimum absolute atomic E-state index is 0.0292. The average molecular weight is 329 g/mol. The van der Waals surface area contributed by atoms with Crippen molar-refractivity contribution < 1.29 is 4.21 Å². The summed E-state index contributed by atoms with van der Waals surface area (Å²) in [6.45, 7) is 0.0292. The van der Waals surface area contributed by atoms with Crippen molar-refractivity contribution >= 4 is 10.8 Å². The largest absolute Gasteiger partial charge is 0.331 e. The van der Waals surface area contributed by atoms with Gasteiger partial charge in [-0.05, 0) is 25.0 Å². The van der Waals surface area contributed by atoms with Gasteiger partial charge in [0.1, 0.15) is 11.6 Å². The minimum Gasteiger partial charge on any atom is -0.296 e. The molecule has 1 aliphatic rings. The Labute approximate surface area is 135 Å². The molecule has 0 bridgehead atoms. The van der Waals surface area contributed by atoms with E-state index in [1.54, 1.807) is 24.3 Å². The fourth-order valence-corrected chi connectivity index (χ4v) is 3.42. The van der Waals surface area contributed by atoms with Crippen molar-refractivity contribution in [3.63, 3.8) is 0 Å². The first-order valence-corrected chi connectivity index (χ1v) is 8.63. The van der Waals surface area contributed by atoms with Crippen molar-refractivity contribution in [2.45, 2.75) is 30.3 Å². The van der Waals surface area contributed by atoms with Gasteiger partial charge in [0.25, 0.3) is 5.56 Å². The summed E-state index contributed by atoms with van der Waals surface area (Å²) in [5, 5.41) is 9.08. The summed E-state index contributed by atoms with van der Waals surface area (Å²) in [6, 6.07) is 10.8. The van der Waals surface area contributed by atoms with Gasteiger partial charge in [0.15, 0.2) is 0 Å². The third kappa shape index (κ3) is 3.17. The summed E-state index contributed by atoms with van der Waals surface area (Å²) >= 11 is 0. The van der Waals surface area contributed by atoms with Crippen LogP contribution >= 0.6 is 0 Å². The van der Waals surface area contributed by atoms with Gasteiger partial charge in [0.05, 0.1) is 10.8 Å². The molecule has 1 heterocycles. The first kappa shape index (κ1) is 15.4. The molecule has 0 unspecified atom stereocenters. The number of hydrogen-bond donors (Lipinski definition) is 0. The number of rotatable bonds is 5. The number of benzene rings is 1. The standard InChI is InChI=1S/C16H15N3O3S/c17-10-12-11-19(13-6-7-13)16(21)18(15(12)20)8-9-23(22)14-4-2-1-3-5-14/h1-5,11,13H,6-9H2/t23-/m1/s1. The summed E-state index contributed by atoms with van der Waals surface area (Å²) in [5.41, 5.74) is -1.09. The van der Waals surface area contributed by atoms with Crippen molar-refractivity contribution in [3.05, 3.63) is 62.9 Å². The van der Waals surface area contributed by atoms with Crippen molar-refractivity contribution in [1.29, 1.82) is 5.26 Å². The Kier molecular flexibility index (Phi) is 4.26. The second-order valence-corrected chi connectivity index (χ2v) is 6.97. The molecular weight excluding hydrogens is 314 g/mol. The van der Waals surface area contributed by atoms with Gasteiger partial charge >= 0.3 is 5.69 Å². The molecule has 0 aliphatic heterocycles. The highest BCUT2D eigenvalue weighted by atomic mass is 32.2. The zero-order valence-corrected chi connectivity index (χ0v) is 13.2. The molecular formula is C16H15N3O3S. The zero-order valence-electron chi connectivity index (χ0n) is 12.3. The first-order valence-electron chi connectivity index (χ1n) is 7.31. The van der Waals surface area contributed by atoms with Crippen LogP contribution in [0.15, 0.2) is 51.0 Å². The Morgan fingerprint density at radius 2 is 1.91 bits per heavy atom. The normalized spacial score (nSPS) is 15.1. The second-order valence-electron chi connectivity index (χ2n) is 5.40. The number of aromatic nitrogens is 2. The maximum Gasteiger partial charge on any atom is 0.331 e. The van der Waals surface area contributed by atoms with Crippen molar-refractivity contribution in [3.8, 4) is 6.07 Å². The smallest absolute Gasteiger partial charge is 0.296 e. The van der Waals surface area contributed by atoms with E-state index in [1.807, 2.05) is 12.1 Å². The molecule has 7 heteroatoms. The van der Waals surface area contributed by atoms with Crippen LogP contribution in [0.4, 0.5) is 0 Å². The molecule has 3 rings (SSSR count). The van der Waals surface area contributed by atoms with Gasteiger partial charge in [0, 0.05) is 29.4 Å². The highest BCUT2D eigenvalue weighted by molar-refractivity contribution is 7.85. The van der Waals surface area contributed by atoms with E-state index in [4.69, 9.17) is 5.26 Å².